The van der Waals surface area contributed by atoms with Crippen LogP contribution in [0.1, 0.15) is 57.1 Å². The lowest BCUT2D eigenvalue weighted by molar-refractivity contribution is 0.525. The highest BCUT2D eigenvalue weighted by Crippen LogP contribution is 2.33. The minimum absolute atomic E-state index is 0.775. The lowest BCUT2D eigenvalue weighted by atomic mass is 9.97. The molecule has 1 aromatic rings. The maximum atomic E-state index is 3.56. The second kappa shape index (κ2) is 6.83. The Morgan fingerprint density at radius 3 is 2.81 bits per heavy atom. The molecule has 2 nitrogen and oxygen atoms in total. The molecule has 0 saturated heterocycles. The highest BCUT2D eigenvalue weighted by Gasteiger charge is 2.25. The summed E-state index contributed by atoms with van der Waals surface area (Å²) in [6, 6.07) is 7.74. The van der Waals surface area contributed by atoms with Crippen LogP contribution in [-0.4, -0.2) is 19.1 Å². The monoisotopic (exact) mass is 286 g/mol. The molecule has 1 aliphatic carbocycles. The van der Waals surface area contributed by atoms with E-state index in [0.717, 1.165) is 25.0 Å². The minimum Gasteiger partial charge on any atom is -0.368 e. The van der Waals surface area contributed by atoms with Gasteiger partial charge >= 0.3 is 0 Å². The Bertz CT molecular complexity index is 461. The molecule has 1 heterocycles. The normalized spacial score (nSPS) is 19.0. The first-order valence-electron chi connectivity index (χ1n) is 8.84. The van der Waals surface area contributed by atoms with Crippen LogP contribution in [0.3, 0.4) is 0 Å². The molecule has 0 unspecified atom stereocenters. The Balaban J connectivity index is 1.87. The Kier molecular flexibility index (Phi) is 4.84. The van der Waals surface area contributed by atoms with Crippen molar-refractivity contribution in [2.75, 3.05) is 18.0 Å². The van der Waals surface area contributed by atoms with E-state index in [1.165, 1.54) is 50.8 Å². The molecule has 1 aromatic carbocycles. The van der Waals surface area contributed by atoms with Crippen molar-refractivity contribution in [3.8, 4) is 0 Å². The second-order valence-electron chi connectivity index (χ2n) is 7.16. The highest BCUT2D eigenvalue weighted by molar-refractivity contribution is 5.58. The van der Waals surface area contributed by atoms with Crippen LogP contribution in [0.2, 0.25) is 0 Å². The molecule has 0 radical (unpaired) electrons. The van der Waals surface area contributed by atoms with Crippen LogP contribution in [0.4, 0.5) is 5.69 Å². The van der Waals surface area contributed by atoms with Gasteiger partial charge in [-0.2, -0.15) is 0 Å². The SMILES string of the molecule is CC(C)CCN(c1cccc2c1CNCC2)C1CCCC1. The zero-order chi connectivity index (χ0) is 14.7. The van der Waals surface area contributed by atoms with Gasteiger partial charge in [-0.1, -0.05) is 38.8 Å². The van der Waals surface area contributed by atoms with Crippen molar-refractivity contribution in [1.82, 2.24) is 5.32 Å². The van der Waals surface area contributed by atoms with Crippen molar-refractivity contribution in [3.63, 3.8) is 0 Å². The average Bonchev–Trinajstić information content (AvgIpc) is 3.01. The maximum absolute atomic E-state index is 3.56. The first kappa shape index (κ1) is 14.9. The number of nitrogens with one attached hydrogen (secondary N) is 1. The average molecular weight is 286 g/mol. The first-order valence-corrected chi connectivity index (χ1v) is 8.84. The van der Waals surface area contributed by atoms with Gasteiger partial charge in [0.25, 0.3) is 0 Å². The standard InChI is InChI=1S/C19H30N2/c1-15(2)11-13-21(17-7-3-4-8-17)19-9-5-6-16-10-12-20-14-18(16)19/h5-6,9,15,17,20H,3-4,7-8,10-14H2,1-2H3. The van der Waals surface area contributed by atoms with Gasteiger partial charge in [-0.15, -0.1) is 0 Å². The zero-order valence-electron chi connectivity index (χ0n) is 13.7. The number of hydrogen-bond donors (Lipinski definition) is 1. The summed E-state index contributed by atoms with van der Waals surface area (Å²) in [6.07, 6.45) is 8.08. The third-order valence-corrected chi connectivity index (χ3v) is 5.14. The number of nitrogens with zero attached hydrogens (tertiary/aromatic N) is 1. The van der Waals surface area contributed by atoms with Gasteiger partial charge in [0.1, 0.15) is 0 Å². The van der Waals surface area contributed by atoms with E-state index in [9.17, 15) is 0 Å². The van der Waals surface area contributed by atoms with Gasteiger partial charge < -0.3 is 10.2 Å². The molecule has 1 aliphatic heterocycles. The zero-order valence-corrected chi connectivity index (χ0v) is 13.7. The molecule has 2 aliphatic rings. The van der Waals surface area contributed by atoms with E-state index in [2.05, 4.69) is 42.3 Å². The van der Waals surface area contributed by atoms with Gasteiger partial charge in [-0.25, -0.2) is 0 Å². The number of rotatable bonds is 5. The van der Waals surface area contributed by atoms with E-state index in [0.29, 0.717) is 0 Å². The summed E-state index contributed by atoms with van der Waals surface area (Å²) in [6.45, 7) is 8.09. The lowest BCUT2D eigenvalue weighted by Crippen LogP contribution is -2.37. The predicted molar refractivity (Wildman–Crippen MR) is 90.9 cm³/mol. The Morgan fingerprint density at radius 1 is 1.24 bits per heavy atom. The summed E-state index contributed by atoms with van der Waals surface area (Å²) in [4.78, 5) is 2.75. The van der Waals surface area contributed by atoms with E-state index in [4.69, 9.17) is 0 Å². The molecule has 0 bridgehead atoms. The molecule has 0 aromatic heterocycles. The summed E-state index contributed by atoms with van der Waals surface area (Å²) < 4.78 is 0. The van der Waals surface area contributed by atoms with Gasteiger partial charge in [-0.05, 0) is 55.3 Å². The van der Waals surface area contributed by atoms with Crippen LogP contribution in [0, 0.1) is 5.92 Å². The summed E-state index contributed by atoms with van der Waals surface area (Å²) in [5, 5.41) is 3.56. The van der Waals surface area contributed by atoms with Crippen molar-refractivity contribution < 1.29 is 0 Å². The maximum Gasteiger partial charge on any atom is 0.0417 e. The number of hydrogen-bond acceptors (Lipinski definition) is 2. The van der Waals surface area contributed by atoms with Gasteiger partial charge in [-0.3, -0.25) is 0 Å². The number of anilines is 1. The fourth-order valence-electron chi connectivity index (χ4n) is 3.88. The van der Waals surface area contributed by atoms with Crippen molar-refractivity contribution >= 4 is 5.69 Å². The van der Waals surface area contributed by atoms with Crippen LogP contribution in [0.25, 0.3) is 0 Å². The summed E-state index contributed by atoms with van der Waals surface area (Å²) in [5.41, 5.74) is 4.66. The topological polar surface area (TPSA) is 15.3 Å². The van der Waals surface area contributed by atoms with Crippen LogP contribution in [-0.2, 0) is 13.0 Å². The minimum atomic E-state index is 0.775. The van der Waals surface area contributed by atoms with Gasteiger partial charge in [0.05, 0.1) is 0 Å². The number of fused-ring (bicyclic) bond motifs is 1. The van der Waals surface area contributed by atoms with Gasteiger partial charge in [0.15, 0.2) is 0 Å². The molecule has 1 fully saturated rings. The molecule has 0 atom stereocenters. The van der Waals surface area contributed by atoms with Crippen molar-refractivity contribution in [1.29, 1.82) is 0 Å². The quantitative estimate of drug-likeness (QED) is 0.875. The molecule has 0 amide bonds. The summed E-state index contributed by atoms with van der Waals surface area (Å²) >= 11 is 0. The van der Waals surface area contributed by atoms with Crippen LogP contribution < -0.4 is 10.2 Å². The van der Waals surface area contributed by atoms with Crippen LogP contribution in [0.5, 0.6) is 0 Å². The van der Waals surface area contributed by atoms with Crippen LogP contribution in [0.15, 0.2) is 18.2 Å². The van der Waals surface area contributed by atoms with E-state index in [1.807, 2.05) is 0 Å². The molecule has 116 valence electrons. The van der Waals surface area contributed by atoms with Gasteiger partial charge in [0.2, 0.25) is 0 Å². The molecule has 1 N–H and O–H groups in total. The second-order valence-corrected chi connectivity index (χ2v) is 7.16. The highest BCUT2D eigenvalue weighted by atomic mass is 15.2. The predicted octanol–water partition coefficient (Wildman–Crippen LogP) is 4.13. The van der Waals surface area contributed by atoms with E-state index in [1.54, 1.807) is 11.1 Å². The molecule has 3 rings (SSSR count). The molecule has 1 saturated carbocycles. The van der Waals surface area contributed by atoms with Crippen LogP contribution >= 0.6 is 0 Å². The third-order valence-electron chi connectivity index (χ3n) is 5.14. The van der Waals surface area contributed by atoms with E-state index >= 15 is 0 Å². The fourth-order valence-corrected chi connectivity index (χ4v) is 3.88. The van der Waals surface area contributed by atoms with E-state index in [-0.39, 0.29) is 0 Å². The van der Waals surface area contributed by atoms with Gasteiger partial charge in [0, 0.05) is 24.8 Å². The first-order chi connectivity index (χ1) is 10.3. The Labute approximate surface area is 129 Å². The fraction of sp³-hybridized carbons (Fsp3) is 0.684. The van der Waals surface area contributed by atoms with E-state index < -0.39 is 0 Å². The summed E-state index contributed by atoms with van der Waals surface area (Å²) in [5.74, 6) is 0.784. The molecule has 0 spiro atoms. The smallest absolute Gasteiger partial charge is 0.0417 e. The molecular weight excluding hydrogens is 256 g/mol. The lowest BCUT2D eigenvalue weighted by Gasteiger charge is -2.35. The van der Waals surface area contributed by atoms with Crippen molar-refractivity contribution in [2.45, 2.75) is 65.0 Å². The van der Waals surface area contributed by atoms with Crippen molar-refractivity contribution in [2.24, 2.45) is 5.92 Å². The largest absolute Gasteiger partial charge is 0.368 e. The molecule has 21 heavy (non-hydrogen) atoms. The molecular formula is C19H30N2. The third kappa shape index (κ3) is 3.42. The summed E-state index contributed by atoms with van der Waals surface area (Å²) in [7, 11) is 0. The number of benzene rings is 1. The Morgan fingerprint density at radius 2 is 2.05 bits per heavy atom. The Hall–Kier alpha value is -1.02. The molecule has 2 heteroatoms. The van der Waals surface area contributed by atoms with Crippen molar-refractivity contribution in [3.05, 3.63) is 29.3 Å².